The lowest BCUT2D eigenvalue weighted by Crippen LogP contribution is -2.33. The average Bonchev–Trinajstić information content (AvgIpc) is 2.40. The van der Waals surface area contributed by atoms with Crippen molar-refractivity contribution in [1.82, 2.24) is 10.6 Å². The third kappa shape index (κ3) is 8.28. The highest BCUT2D eigenvalue weighted by Gasteiger charge is 2.02. The number of urea groups is 1. The van der Waals surface area contributed by atoms with Crippen LogP contribution in [-0.4, -0.2) is 6.03 Å². The van der Waals surface area contributed by atoms with Crippen molar-refractivity contribution in [2.75, 3.05) is 0 Å². The number of terminal acetylenes is 1. The van der Waals surface area contributed by atoms with Gasteiger partial charge in [-0.2, -0.15) is 0 Å². The summed E-state index contributed by atoms with van der Waals surface area (Å²) < 4.78 is 0. The topological polar surface area (TPSA) is 41.1 Å². The molecule has 19 heavy (non-hydrogen) atoms. The molecule has 0 heterocycles. The first-order chi connectivity index (χ1) is 9.17. The SMILES string of the molecule is C#CC/C=C(\C=C)NC(=O)NC(/C=C\C=C)=C/CC. The molecular formula is C16H20N2O. The van der Waals surface area contributed by atoms with E-state index in [0.717, 1.165) is 6.42 Å². The Morgan fingerprint density at radius 1 is 1.26 bits per heavy atom. The van der Waals surface area contributed by atoms with Gasteiger partial charge >= 0.3 is 6.03 Å². The third-order valence-corrected chi connectivity index (χ3v) is 2.01. The Morgan fingerprint density at radius 2 is 1.95 bits per heavy atom. The second-order valence-corrected chi connectivity index (χ2v) is 3.51. The highest BCUT2D eigenvalue weighted by Crippen LogP contribution is 1.97. The molecule has 2 N–H and O–H groups in total. The number of allylic oxidation sites excluding steroid dienone is 6. The van der Waals surface area contributed by atoms with Crippen molar-refractivity contribution < 1.29 is 4.79 Å². The quantitative estimate of drug-likeness (QED) is 0.532. The second kappa shape index (κ2) is 10.7. The fourth-order valence-corrected chi connectivity index (χ4v) is 1.20. The lowest BCUT2D eigenvalue weighted by Gasteiger charge is -2.08. The van der Waals surface area contributed by atoms with Gasteiger partial charge in [-0.05, 0) is 24.6 Å². The maximum atomic E-state index is 11.8. The molecule has 0 aromatic carbocycles. The maximum Gasteiger partial charge on any atom is 0.323 e. The van der Waals surface area contributed by atoms with Crippen LogP contribution < -0.4 is 10.6 Å². The number of hydrogen-bond donors (Lipinski definition) is 2. The smallest absolute Gasteiger partial charge is 0.308 e. The highest BCUT2D eigenvalue weighted by molar-refractivity contribution is 5.78. The number of nitrogens with one attached hydrogen (secondary N) is 2. The summed E-state index contributed by atoms with van der Waals surface area (Å²) in [5, 5.41) is 5.39. The highest BCUT2D eigenvalue weighted by atomic mass is 16.2. The molecule has 0 aromatic heterocycles. The van der Waals surface area contributed by atoms with Crippen molar-refractivity contribution in [3.8, 4) is 12.3 Å². The molecule has 0 aliphatic carbocycles. The molecule has 0 aliphatic rings. The first-order valence-electron chi connectivity index (χ1n) is 6.01. The second-order valence-electron chi connectivity index (χ2n) is 3.51. The number of carbonyl (C=O) groups is 1. The van der Waals surface area contributed by atoms with Gasteiger partial charge in [0.2, 0.25) is 0 Å². The van der Waals surface area contributed by atoms with E-state index in [9.17, 15) is 4.79 Å². The van der Waals surface area contributed by atoms with E-state index in [1.807, 2.05) is 13.0 Å². The molecule has 0 bridgehead atoms. The molecule has 0 spiro atoms. The zero-order valence-corrected chi connectivity index (χ0v) is 11.3. The molecule has 0 saturated heterocycles. The molecule has 0 fully saturated rings. The molecule has 100 valence electrons. The van der Waals surface area contributed by atoms with Crippen LogP contribution in [0.15, 0.2) is 61.0 Å². The van der Waals surface area contributed by atoms with E-state index < -0.39 is 0 Å². The van der Waals surface area contributed by atoms with Crippen LogP contribution in [0.1, 0.15) is 19.8 Å². The monoisotopic (exact) mass is 256 g/mol. The molecule has 0 saturated carbocycles. The van der Waals surface area contributed by atoms with Gasteiger partial charge in [0.1, 0.15) is 0 Å². The minimum Gasteiger partial charge on any atom is -0.308 e. The maximum absolute atomic E-state index is 11.8. The Morgan fingerprint density at radius 3 is 2.47 bits per heavy atom. The summed E-state index contributed by atoms with van der Waals surface area (Å²) in [6.45, 7) is 9.18. The van der Waals surface area contributed by atoms with Gasteiger partial charge in [0.25, 0.3) is 0 Å². The summed E-state index contributed by atoms with van der Waals surface area (Å²) in [4.78, 5) is 11.8. The Hall–Kier alpha value is -2.47. The average molecular weight is 256 g/mol. The Kier molecular flexibility index (Phi) is 9.28. The van der Waals surface area contributed by atoms with Gasteiger partial charge in [-0.3, -0.25) is 0 Å². The van der Waals surface area contributed by atoms with E-state index in [4.69, 9.17) is 6.42 Å². The van der Waals surface area contributed by atoms with Crippen LogP contribution >= 0.6 is 0 Å². The molecule has 2 amide bonds. The van der Waals surface area contributed by atoms with Crippen molar-refractivity contribution in [1.29, 1.82) is 0 Å². The largest absolute Gasteiger partial charge is 0.323 e. The Balaban J connectivity index is 4.61. The Bertz CT molecular complexity index is 448. The Labute approximate surface area is 115 Å². The molecule has 0 atom stereocenters. The lowest BCUT2D eigenvalue weighted by atomic mass is 10.3. The fourth-order valence-electron chi connectivity index (χ4n) is 1.20. The summed E-state index contributed by atoms with van der Waals surface area (Å²) in [7, 11) is 0. The lowest BCUT2D eigenvalue weighted by molar-refractivity contribution is 0.246. The molecule has 0 aromatic rings. The number of carbonyl (C=O) groups excluding carboxylic acids is 1. The molecule has 3 nitrogen and oxygen atoms in total. The van der Waals surface area contributed by atoms with Gasteiger partial charge in [-0.25, -0.2) is 4.79 Å². The van der Waals surface area contributed by atoms with Gasteiger partial charge in [-0.1, -0.05) is 38.3 Å². The van der Waals surface area contributed by atoms with Crippen LogP contribution in [0.2, 0.25) is 0 Å². The first kappa shape index (κ1) is 16.5. The minimum absolute atomic E-state index is 0.336. The van der Waals surface area contributed by atoms with Crippen molar-refractivity contribution in [3.05, 3.63) is 61.0 Å². The van der Waals surface area contributed by atoms with Crippen LogP contribution in [0.4, 0.5) is 4.79 Å². The summed E-state index contributed by atoms with van der Waals surface area (Å²) in [6, 6.07) is -0.336. The van der Waals surface area contributed by atoms with Crippen LogP contribution in [0.25, 0.3) is 0 Å². The summed E-state index contributed by atoms with van der Waals surface area (Å²) in [6.07, 6.45) is 16.7. The molecule has 0 unspecified atom stereocenters. The predicted octanol–water partition coefficient (Wildman–Crippen LogP) is 3.41. The van der Waals surface area contributed by atoms with E-state index in [2.05, 4.69) is 29.7 Å². The molecule has 0 aliphatic heterocycles. The minimum atomic E-state index is -0.336. The van der Waals surface area contributed by atoms with E-state index >= 15 is 0 Å². The number of hydrogen-bond acceptors (Lipinski definition) is 1. The van der Waals surface area contributed by atoms with Crippen LogP contribution in [0.3, 0.4) is 0 Å². The fraction of sp³-hybridized carbons (Fsp3) is 0.188. The van der Waals surface area contributed by atoms with Crippen molar-refractivity contribution >= 4 is 6.03 Å². The normalized spacial score (nSPS) is 11.8. The van der Waals surface area contributed by atoms with E-state index in [-0.39, 0.29) is 6.03 Å². The number of amides is 2. The molecular weight excluding hydrogens is 236 g/mol. The van der Waals surface area contributed by atoms with Gasteiger partial charge in [0.05, 0.1) is 0 Å². The van der Waals surface area contributed by atoms with Crippen molar-refractivity contribution in [2.45, 2.75) is 19.8 Å². The van der Waals surface area contributed by atoms with Gasteiger partial charge in [0, 0.05) is 17.8 Å². The van der Waals surface area contributed by atoms with E-state index in [1.54, 1.807) is 30.4 Å². The zero-order valence-electron chi connectivity index (χ0n) is 11.3. The van der Waals surface area contributed by atoms with Crippen LogP contribution in [0, 0.1) is 12.3 Å². The summed E-state index contributed by atoms with van der Waals surface area (Å²) in [5.74, 6) is 2.47. The van der Waals surface area contributed by atoms with E-state index in [1.165, 1.54) is 0 Å². The van der Waals surface area contributed by atoms with Crippen molar-refractivity contribution in [2.24, 2.45) is 0 Å². The number of rotatable bonds is 7. The van der Waals surface area contributed by atoms with Gasteiger partial charge < -0.3 is 10.6 Å². The van der Waals surface area contributed by atoms with E-state index in [0.29, 0.717) is 17.8 Å². The molecule has 0 radical (unpaired) electrons. The molecule has 0 rings (SSSR count). The van der Waals surface area contributed by atoms with Crippen LogP contribution in [-0.2, 0) is 0 Å². The summed E-state index contributed by atoms with van der Waals surface area (Å²) in [5.41, 5.74) is 1.29. The summed E-state index contributed by atoms with van der Waals surface area (Å²) >= 11 is 0. The van der Waals surface area contributed by atoms with Gasteiger partial charge in [0.15, 0.2) is 0 Å². The molecule has 3 heteroatoms. The third-order valence-electron chi connectivity index (χ3n) is 2.01. The van der Waals surface area contributed by atoms with Crippen LogP contribution in [0.5, 0.6) is 0 Å². The van der Waals surface area contributed by atoms with Crippen molar-refractivity contribution in [3.63, 3.8) is 0 Å². The predicted molar refractivity (Wildman–Crippen MR) is 81.1 cm³/mol. The zero-order chi connectivity index (χ0) is 14.5. The first-order valence-corrected chi connectivity index (χ1v) is 6.01. The van der Waals surface area contributed by atoms with Gasteiger partial charge in [-0.15, -0.1) is 12.3 Å². The standard InChI is InChI=1S/C16H20N2O/c1-5-9-12-14(8-4)17-16(19)18-15(11-7-3)13-10-6-2/h1,6,8,10-13H,2,4,7,9H2,3H3,(H2,17,18,19)/b13-10-,14-12+,15-11+.